The van der Waals surface area contributed by atoms with Crippen LogP contribution in [0.5, 0.6) is 0 Å². The van der Waals surface area contributed by atoms with E-state index in [1.54, 1.807) is 48.7 Å². The number of carbonyl (C=O) groups excluding carboxylic acids is 3. The van der Waals surface area contributed by atoms with Crippen molar-refractivity contribution < 1.29 is 19.1 Å². The van der Waals surface area contributed by atoms with Crippen molar-refractivity contribution >= 4 is 51.3 Å². The quantitative estimate of drug-likeness (QED) is 0.572. The molecule has 0 atom stereocenters. The average Bonchev–Trinajstić information content (AvgIpc) is 3.34. The van der Waals surface area contributed by atoms with E-state index in [1.807, 2.05) is 5.38 Å². The van der Waals surface area contributed by atoms with Gasteiger partial charge in [0.2, 0.25) is 0 Å². The Morgan fingerprint density at radius 1 is 1.04 bits per heavy atom. The Bertz CT molecular complexity index is 983. The lowest BCUT2D eigenvalue weighted by Gasteiger charge is -2.09. The Kier molecular flexibility index (Phi) is 6.51. The van der Waals surface area contributed by atoms with Crippen LogP contribution in [0.1, 0.15) is 32.6 Å². The molecule has 0 saturated heterocycles. The molecule has 2 N–H and O–H groups in total. The predicted octanol–water partition coefficient (Wildman–Crippen LogP) is 3.81. The Morgan fingerprint density at radius 2 is 1.86 bits per heavy atom. The fourth-order valence-corrected chi connectivity index (χ4v) is 3.68. The van der Waals surface area contributed by atoms with Gasteiger partial charge in [-0.15, -0.1) is 22.7 Å². The lowest BCUT2D eigenvalue weighted by molar-refractivity contribution is -0.142. The first kappa shape index (κ1) is 19.7. The van der Waals surface area contributed by atoms with E-state index in [9.17, 15) is 14.4 Å². The topological polar surface area (TPSA) is 97.4 Å². The molecule has 2 heterocycles. The van der Waals surface area contributed by atoms with E-state index in [0.29, 0.717) is 33.6 Å². The predicted molar refractivity (Wildman–Crippen MR) is 109 cm³/mol. The molecule has 0 saturated carbocycles. The first-order chi connectivity index (χ1) is 13.6. The summed E-state index contributed by atoms with van der Waals surface area (Å²) < 4.78 is 4.89. The number of benzene rings is 1. The number of amides is 2. The molecule has 0 spiro atoms. The Hall–Kier alpha value is -3.04. The fraction of sp³-hybridized carbons (Fsp3) is 0.158. The summed E-state index contributed by atoms with van der Waals surface area (Å²) in [6.07, 6.45) is 0.0493. The monoisotopic (exact) mass is 415 g/mol. The highest BCUT2D eigenvalue weighted by molar-refractivity contribution is 7.14. The maximum Gasteiger partial charge on any atom is 0.311 e. The molecule has 0 aliphatic rings. The molecule has 0 aliphatic heterocycles. The molecule has 144 valence electrons. The van der Waals surface area contributed by atoms with Gasteiger partial charge in [-0.3, -0.25) is 19.7 Å². The number of ether oxygens (including phenoxy) is 1. The number of thiazole rings is 1. The number of esters is 1. The lowest BCUT2D eigenvalue weighted by atomic mass is 10.1. The highest BCUT2D eigenvalue weighted by Gasteiger charge is 2.16. The molecule has 0 unspecified atom stereocenters. The number of nitrogens with one attached hydrogen (secondary N) is 2. The van der Waals surface area contributed by atoms with Gasteiger partial charge in [0.05, 0.1) is 34.8 Å². The van der Waals surface area contributed by atoms with Crippen LogP contribution in [-0.2, 0) is 16.0 Å². The van der Waals surface area contributed by atoms with Crippen LogP contribution < -0.4 is 10.6 Å². The standard InChI is InChI=1S/C19H17N3O4S2/c1-2-26-16(23)10-12-11-28-19(20-12)22-17(24)13-6-3-4-7-14(13)21-18(25)15-8-5-9-27-15/h3-9,11H,2,10H2,1H3,(H,21,25)(H,20,22,24). The summed E-state index contributed by atoms with van der Waals surface area (Å²) in [5, 5.41) is 9.32. The summed E-state index contributed by atoms with van der Waals surface area (Å²) in [5.74, 6) is -1.05. The van der Waals surface area contributed by atoms with Crippen molar-refractivity contribution in [3.8, 4) is 0 Å². The van der Waals surface area contributed by atoms with E-state index in [-0.39, 0.29) is 18.3 Å². The summed E-state index contributed by atoms with van der Waals surface area (Å²) in [5.41, 5.74) is 1.24. The first-order valence-corrected chi connectivity index (χ1v) is 10.2. The van der Waals surface area contributed by atoms with E-state index in [4.69, 9.17) is 4.74 Å². The molecular formula is C19H17N3O4S2. The number of para-hydroxylation sites is 1. The maximum atomic E-state index is 12.7. The molecular weight excluding hydrogens is 398 g/mol. The molecule has 28 heavy (non-hydrogen) atoms. The van der Waals surface area contributed by atoms with Crippen LogP contribution in [0.4, 0.5) is 10.8 Å². The number of thiophene rings is 1. The van der Waals surface area contributed by atoms with Crippen molar-refractivity contribution in [2.75, 3.05) is 17.2 Å². The lowest BCUT2D eigenvalue weighted by Crippen LogP contribution is -2.17. The summed E-state index contributed by atoms with van der Waals surface area (Å²) >= 11 is 2.53. The van der Waals surface area contributed by atoms with Crippen molar-refractivity contribution in [1.29, 1.82) is 0 Å². The second-order valence-corrected chi connectivity index (χ2v) is 7.36. The summed E-state index contributed by atoms with van der Waals surface area (Å²) in [7, 11) is 0. The number of aromatic nitrogens is 1. The van der Waals surface area contributed by atoms with E-state index in [0.717, 1.165) is 0 Å². The molecule has 0 radical (unpaired) electrons. The molecule has 7 nitrogen and oxygen atoms in total. The molecule has 3 rings (SSSR count). The number of nitrogens with zero attached hydrogens (tertiary/aromatic N) is 1. The minimum Gasteiger partial charge on any atom is -0.466 e. The van der Waals surface area contributed by atoms with Crippen molar-refractivity contribution in [1.82, 2.24) is 4.98 Å². The number of rotatable bonds is 7. The SMILES string of the molecule is CCOC(=O)Cc1csc(NC(=O)c2ccccc2NC(=O)c2cccs2)n1. The second kappa shape index (κ2) is 9.25. The maximum absolute atomic E-state index is 12.7. The third-order valence-corrected chi connectivity index (χ3v) is 5.24. The molecule has 1 aromatic carbocycles. The third kappa shape index (κ3) is 5.02. The Balaban J connectivity index is 1.69. The van der Waals surface area contributed by atoms with Gasteiger partial charge < -0.3 is 10.1 Å². The largest absolute Gasteiger partial charge is 0.466 e. The zero-order valence-corrected chi connectivity index (χ0v) is 16.6. The van der Waals surface area contributed by atoms with Crippen LogP contribution in [0.3, 0.4) is 0 Å². The fourth-order valence-electron chi connectivity index (χ4n) is 2.35. The van der Waals surface area contributed by atoms with Gasteiger partial charge in [0.25, 0.3) is 11.8 Å². The highest BCUT2D eigenvalue weighted by Crippen LogP contribution is 2.21. The van der Waals surface area contributed by atoms with Gasteiger partial charge in [-0.25, -0.2) is 4.98 Å². The van der Waals surface area contributed by atoms with Crippen LogP contribution in [0.25, 0.3) is 0 Å². The summed E-state index contributed by atoms with van der Waals surface area (Å²) in [4.78, 5) is 41.2. The van der Waals surface area contributed by atoms with Gasteiger partial charge >= 0.3 is 5.97 Å². The molecule has 0 fully saturated rings. The van der Waals surface area contributed by atoms with Crippen molar-refractivity contribution in [3.63, 3.8) is 0 Å². The van der Waals surface area contributed by atoms with Gasteiger partial charge in [0.15, 0.2) is 5.13 Å². The molecule has 9 heteroatoms. The van der Waals surface area contributed by atoms with Crippen molar-refractivity contribution in [2.45, 2.75) is 13.3 Å². The van der Waals surface area contributed by atoms with Crippen LogP contribution in [0.2, 0.25) is 0 Å². The zero-order valence-electron chi connectivity index (χ0n) is 14.9. The van der Waals surface area contributed by atoms with Gasteiger partial charge in [0.1, 0.15) is 0 Å². The molecule has 3 aromatic rings. The Labute approximate surface area is 169 Å². The number of hydrogen-bond acceptors (Lipinski definition) is 7. The Morgan fingerprint density at radius 3 is 2.61 bits per heavy atom. The highest BCUT2D eigenvalue weighted by atomic mass is 32.1. The van der Waals surface area contributed by atoms with Crippen LogP contribution in [-0.4, -0.2) is 29.4 Å². The van der Waals surface area contributed by atoms with Gasteiger partial charge in [-0.2, -0.15) is 0 Å². The first-order valence-electron chi connectivity index (χ1n) is 8.42. The minimum absolute atomic E-state index is 0.0493. The molecule has 0 bridgehead atoms. The van der Waals surface area contributed by atoms with Crippen molar-refractivity contribution in [3.05, 3.63) is 63.3 Å². The minimum atomic E-state index is -0.404. The smallest absolute Gasteiger partial charge is 0.311 e. The number of hydrogen-bond donors (Lipinski definition) is 2. The van der Waals surface area contributed by atoms with Crippen LogP contribution in [0, 0.1) is 0 Å². The summed E-state index contributed by atoms with van der Waals surface area (Å²) in [6.45, 7) is 2.04. The summed E-state index contributed by atoms with van der Waals surface area (Å²) in [6, 6.07) is 10.2. The van der Waals surface area contributed by atoms with E-state index < -0.39 is 5.91 Å². The van der Waals surface area contributed by atoms with Gasteiger partial charge in [0, 0.05) is 5.38 Å². The van der Waals surface area contributed by atoms with Gasteiger partial charge in [-0.05, 0) is 30.5 Å². The zero-order chi connectivity index (χ0) is 19.9. The normalized spacial score (nSPS) is 10.3. The van der Waals surface area contributed by atoms with E-state index >= 15 is 0 Å². The number of carbonyl (C=O) groups is 3. The number of anilines is 2. The van der Waals surface area contributed by atoms with Crippen LogP contribution in [0.15, 0.2) is 47.2 Å². The van der Waals surface area contributed by atoms with Crippen molar-refractivity contribution in [2.24, 2.45) is 0 Å². The van der Waals surface area contributed by atoms with Crippen LogP contribution >= 0.6 is 22.7 Å². The molecule has 2 amide bonds. The average molecular weight is 415 g/mol. The third-order valence-electron chi connectivity index (χ3n) is 3.57. The van der Waals surface area contributed by atoms with E-state index in [2.05, 4.69) is 15.6 Å². The van der Waals surface area contributed by atoms with E-state index in [1.165, 1.54) is 22.7 Å². The second-order valence-electron chi connectivity index (χ2n) is 5.56. The molecule has 0 aliphatic carbocycles. The van der Waals surface area contributed by atoms with Gasteiger partial charge in [-0.1, -0.05) is 18.2 Å². The molecule has 2 aromatic heterocycles.